The molecular formula is C27H32N3O6-. The Hall–Kier alpha value is -2.62. The Kier molecular flexibility index (Phi) is 3.92. The van der Waals surface area contributed by atoms with Gasteiger partial charge in [0.25, 0.3) is 5.91 Å². The first-order valence-corrected chi connectivity index (χ1v) is 12.8. The molecule has 1 aromatic rings. The quantitative estimate of drug-likeness (QED) is 0.614. The number of hydrogen-bond donors (Lipinski definition) is 2. The van der Waals surface area contributed by atoms with E-state index in [1.807, 2.05) is 39.8 Å². The van der Waals surface area contributed by atoms with Crippen molar-refractivity contribution in [1.82, 2.24) is 10.2 Å². The fraction of sp³-hybridized carbons (Fsp3) is 0.630. The monoisotopic (exact) mass is 494 g/mol. The maximum absolute atomic E-state index is 14.2. The highest BCUT2D eigenvalue weighted by Crippen LogP contribution is 2.68. The molecule has 0 radical (unpaired) electrons. The second-order valence-corrected chi connectivity index (χ2v) is 12.6. The number of anilines is 1. The van der Waals surface area contributed by atoms with E-state index in [1.54, 1.807) is 17.0 Å². The predicted molar refractivity (Wildman–Crippen MR) is 131 cm³/mol. The van der Waals surface area contributed by atoms with Gasteiger partial charge in [-0.25, -0.2) is 0 Å². The van der Waals surface area contributed by atoms with Crippen LogP contribution in [0.4, 0.5) is 5.69 Å². The van der Waals surface area contributed by atoms with E-state index in [1.165, 1.54) is 7.11 Å². The number of fused-ring (bicyclic) bond motifs is 6. The maximum Gasteiger partial charge on any atom is 0.252 e. The van der Waals surface area contributed by atoms with Gasteiger partial charge in [-0.15, -0.1) is 0 Å². The number of nitrogens with one attached hydrogen (secondary N) is 1. The standard InChI is InChI=1S/C27H32N3O6/c1-23(2)11-9-14-16(36-23)8-7-15-18(14)30(34)19-24(3,4)17-13-25-10-6-12-29(25)22(32)26(17,28-21(25)31)20(35-5)27(15,19)33/h7-9,11,17,19-20,33H,6,10,12-13H2,1-5H3,(H,28,31)/q-1/t17-,19?,20-,25+,26-,27+/m1/s1. The number of rotatable bonds is 1. The Morgan fingerprint density at radius 3 is 2.69 bits per heavy atom. The molecule has 0 aromatic heterocycles. The number of methoxy groups -OCH3 is 1. The van der Waals surface area contributed by atoms with Crippen molar-refractivity contribution in [2.45, 2.75) is 81.4 Å². The Bertz CT molecular complexity index is 1270. The van der Waals surface area contributed by atoms with Crippen LogP contribution in [0, 0.1) is 16.5 Å². The van der Waals surface area contributed by atoms with Crippen molar-refractivity contribution in [3.05, 3.63) is 34.5 Å². The molecule has 6 atom stereocenters. The number of hydrogen-bond acceptors (Lipinski definition) is 7. The lowest BCUT2D eigenvalue weighted by molar-refractivity contribution is -0.250. The van der Waals surface area contributed by atoms with Gasteiger partial charge in [0.15, 0.2) is 5.54 Å². The van der Waals surface area contributed by atoms with Crippen molar-refractivity contribution >= 4 is 23.6 Å². The van der Waals surface area contributed by atoms with Crippen LogP contribution in [-0.4, -0.2) is 64.3 Å². The van der Waals surface area contributed by atoms with Crippen LogP contribution in [-0.2, 0) is 19.9 Å². The summed E-state index contributed by atoms with van der Waals surface area (Å²) < 4.78 is 12.1. The molecule has 2 bridgehead atoms. The fourth-order valence-corrected chi connectivity index (χ4v) is 8.76. The summed E-state index contributed by atoms with van der Waals surface area (Å²) in [5.41, 5.74) is -4.25. The van der Waals surface area contributed by atoms with Gasteiger partial charge >= 0.3 is 0 Å². The molecule has 1 unspecified atom stereocenters. The number of carbonyl (C=O) groups excluding carboxylic acids is 2. The summed E-state index contributed by atoms with van der Waals surface area (Å²) in [4.78, 5) is 29.5. The van der Waals surface area contributed by atoms with E-state index in [-0.39, 0.29) is 11.8 Å². The Balaban J connectivity index is 1.49. The molecule has 9 nitrogen and oxygen atoms in total. The zero-order valence-corrected chi connectivity index (χ0v) is 21.3. The Morgan fingerprint density at radius 2 is 1.97 bits per heavy atom. The number of ether oxygens (including phenoxy) is 2. The fourth-order valence-electron chi connectivity index (χ4n) is 8.76. The molecule has 5 fully saturated rings. The van der Waals surface area contributed by atoms with E-state index in [0.717, 1.165) is 11.5 Å². The normalized spacial score (nSPS) is 42.2. The highest BCUT2D eigenvalue weighted by molar-refractivity contribution is 6.06. The molecule has 4 saturated heterocycles. The minimum absolute atomic E-state index is 0.183. The average molecular weight is 495 g/mol. The maximum atomic E-state index is 14.2. The second kappa shape index (κ2) is 6.26. The average Bonchev–Trinajstić information content (AvgIpc) is 3.33. The van der Waals surface area contributed by atoms with Crippen molar-refractivity contribution in [2.75, 3.05) is 18.7 Å². The van der Waals surface area contributed by atoms with Gasteiger partial charge in [-0.2, -0.15) is 0 Å². The largest absolute Gasteiger partial charge is 0.758 e. The predicted octanol–water partition coefficient (Wildman–Crippen LogP) is 2.05. The molecule has 8 rings (SSSR count). The molecule has 6 heterocycles. The van der Waals surface area contributed by atoms with Crippen LogP contribution in [0.25, 0.3) is 6.08 Å². The third-order valence-electron chi connectivity index (χ3n) is 10.1. The number of benzene rings is 1. The minimum Gasteiger partial charge on any atom is -0.758 e. The molecule has 36 heavy (non-hydrogen) atoms. The van der Waals surface area contributed by atoms with Crippen molar-refractivity contribution in [3.63, 3.8) is 0 Å². The molecule has 7 aliphatic rings. The van der Waals surface area contributed by atoms with Crippen molar-refractivity contribution in [2.24, 2.45) is 11.3 Å². The molecule has 9 heteroatoms. The smallest absolute Gasteiger partial charge is 0.252 e. The van der Waals surface area contributed by atoms with Crippen molar-refractivity contribution in [3.8, 4) is 5.75 Å². The minimum atomic E-state index is -1.85. The topological polar surface area (TPSA) is 114 Å². The third-order valence-corrected chi connectivity index (χ3v) is 10.1. The van der Waals surface area contributed by atoms with E-state index < -0.39 is 45.8 Å². The number of amides is 2. The highest BCUT2D eigenvalue weighted by atomic mass is 16.5. The van der Waals surface area contributed by atoms with Gasteiger partial charge in [-0.05, 0) is 56.7 Å². The number of piperidine rings is 2. The molecule has 2 N–H and O–H groups in total. The number of hydroxylamine groups is 1. The molecule has 2 amide bonds. The van der Waals surface area contributed by atoms with E-state index in [2.05, 4.69) is 5.32 Å². The Labute approximate surface area is 210 Å². The molecule has 6 aliphatic heterocycles. The lowest BCUT2D eigenvalue weighted by atomic mass is 9.45. The van der Waals surface area contributed by atoms with Crippen LogP contribution in [0.1, 0.15) is 58.1 Å². The number of piperazine rings is 1. The first-order chi connectivity index (χ1) is 16.9. The second-order valence-electron chi connectivity index (χ2n) is 12.6. The van der Waals surface area contributed by atoms with Gasteiger partial charge in [0.05, 0.1) is 6.04 Å². The first kappa shape index (κ1) is 22.6. The van der Waals surface area contributed by atoms with Gasteiger partial charge in [-0.1, -0.05) is 19.9 Å². The Morgan fingerprint density at radius 1 is 1.22 bits per heavy atom. The summed E-state index contributed by atoms with van der Waals surface area (Å²) in [6.45, 7) is 8.26. The summed E-state index contributed by atoms with van der Waals surface area (Å²) in [5, 5.41) is 30.9. The lowest BCUT2D eigenvalue weighted by Gasteiger charge is -2.71. The number of aliphatic hydroxyl groups is 1. The van der Waals surface area contributed by atoms with E-state index in [4.69, 9.17) is 9.47 Å². The molecule has 1 saturated carbocycles. The van der Waals surface area contributed by atoms with Crippen LogP contribution in [0.2, 0.25) is 0 Å². The van der Waals surface area contributed by atoms with Crippen LogP contribution < -0.4 is 15.1 Å². The van der Waals surface area contributed by atoms with Gasteiger partial charge in [-0.3, -0.25) is 9.59 Å². The van der Waals surface area contributed by atoms with Gasteiger partial charge in [0.1, 0.15) is 28.6 Å². The number of carbonyl (C=O) groups is 2. The molecule has 192 valence electrons. The van der Waals surface area contributed by atoms with E-state index in [9.17, 15) is 19.9 Å². The summed E-state index contributed by atoms with van der Waals surface area (Å²) in [5.74, 6) is -0.225. The van der Waals surface area contributed by atoms with Gasteiger partial charge in [0.2, 0.25) is 5.91 Å². The molecular weight excluding hydrogens is 462 g/mol. The van der Waals surface area contributed by atoms with Gasteiger partial charge < -0.3 is 35.1 Å². The zero-order chi connectivity index (χ0) is 25.6. The van der Waals surface area contributed by atoms with E-state index >= 15 is 0 Å². The SMILES string of the molecule is CO[C@@H]1[C@@]23NC(=O)[C@]4(CCCN4C2=O)C[C@@H]3C(C)(C)C2N([O-])c3c(ccc4c3C=CC(C)(C)O4)[C@]21O. The summed E-state index contributed by atoms with van der Waals surface area (Å²) in [6, 6.07) is 2.56. The van der Waals surface area contributed by atoms with Crippen LogP contribution in [0.5, 0.6) is 5.75 Å². The molecule has 1 aromatic carbocycles. The lowest BCUT2D eigenvalue weighted by Crippen LogP contribution is -2.91. The van der Waals surface area contributed by atoms with Crippen molar-refractivity contribution < 1.29 is 24.2 Å². The van der Waals surface area contributed by atoms with Gasteiger partial charge in [0, 0.05) is 36.4 Å². The number of nitrogens with zero attached hydrogens (tertiary/aromatic N) is 2. The van der Waals surface area contributed by atoms with E-state index in [0.29, 0.717) is 42.0 Å². The molecule has 1 aliphatic carbocycles. The zero-order valence-electron chi connectivity index (χ0n) is 21.3. The summed E-state index contributed by atoms with van der Waals surface area (Å²) in [6.07, 6.45) is 4.42. The van der Waals surface area contributed by atoms with Crippen molar-refractivity contribution in [1.29, 1.82) is 0 Å². The summed E-state index contributed by atoms with van der Waals surface area (Å²) >= 11 is 0. The highest BCUT2D eigenvalue weighted by Gasteiger charge is 2.81. The van der Waals surface area contributed by atoms with Crippen LogP contribution in [0.3, 0.4) is 0 Å². The summed E-state index contributed by atoms with van der Waals surface area (Å²) in [7, 11) is 1.45. The first-order valence-electron chi connectivity index (χ1n) is 12.8. The molecule has 2 spiro atoms. The van der Waals surface area contributed by atoms with Crippen LogP contribution in [0.15, 0.2) is 18.2 Å². The van der Waals surface area contributed by atoms with Crippen LogP contribution >= 0.6 is 0 Å². The third kappa shape index (κ3) is 2.14.